The third-order valence-corrected chi connectivity index (χ3v) is 5.10. The summed E-state index contributed by atoms with van der Waals surface area (Å²) in [5.74, 6) is -0.587. The fourth-order valence-electron chi connectivity index (χ4n) is 2.68. The van der Waals surface area contributed by atoms with Gasteiger partial charge < -0.3 is 4.74 Å². The van der Waals surface area contributed by atoms with E-state index in [0.29, 0.717) is 21.4 Å². The number of nitrogens with zero attached hydrogens (tertiary/aromatic N) is 3. The average Bonchev–Trinajstić information content (AvgIpc) is 2.80. The number of nitro groups is 2. The Labute approximate surface area is 207 Å². The number of hydrogen-bond donors (Lipinski definition) is 1. The predicted molar refractivity (Wildman–Crippen MR) is 127 cm³/mol. The van der Waals surface area contributed by atoms with Gasteiger partial charge in [0, 0.05) is 27.7 Å². The summed E-state index contributed by atoms with van der Waals surface area (Å²) >= 11 is 17.9. The minimum absolute atomic E-state index is 0.141. The first kappa shape index (κ1) is 24.9. The van der Waals surface area contributed by atoms with E-state index in [1.165, 1.54) is 6.07 Å². The Kier molecular flexibility index (Phi) is 8.00. The zero-order chi connectivity index (χ0) is 24.8. The van der Waals surface area contributed by atoms with Crippen LogP contribution in [-0.4, -0.2) is 28.1 Å². The Bertz CT molecular complexity index is 1270. The van der Waals surface area contributed by atoms with Gasteiger partial charge in [0.15, 0.2) is 0 Å². The van der Waals surface area contributed by atoms with E-state index in [1.807, 2.05) is 0 Å². The van der Waals surface area contributed by atoms with E-state index < -0.39 is 27.1 Å². The Morgan fingerprint density at radius 1 is 0.853 bits per heavy atom. The van der Waals surface area contributed by atoms with Gasteiger partial charge in [-0.3, -0.25) is 25.0 Å². The molecule has 3 aromatic carbocycles. The molecule has 0 saturated heterocycles. The first-order valence-corrected chi connectivity index (χ1v) is 10.4. The van der Waals surface area contributed by atoms with Gasteiger partial charge in [-0.25, -0.2) is 5.43 Å². The monoisotopic (exact) mass is 522 g/mol. The number of nitro benzene ring substituents is 2. The second-order valence-electron chi connectivity index (χ2n) is 6.62. The van der Waals surface area contributed by atoms with Gasteiger partial charge in [-0.2, -0.15) is 5.10 Å². The van der Waals surface area contributed by atoms with Crippen LogP contribution in [0.3, 0.4) is 0 Å². The van der Waals surface area contributed by atoms with Crippen LogP contribution in [0.1, 0.15) is 15.9 Å². The standard InChI is InChI=1S/C21H13Cl3N4O6/c22-14-3-1-12(2-4-14)19(11-34-20-6-5-15(23)9-18(20)24)25-26-21(29)13-7-16(27(30)31)10-17(8-13)28(32)33/h1-10H,11H2,(H,26,29)/b25-19-. The summed E-state index contributed by atoms with van der Waals surface area (Å²) in [7, 11) is 0. The fraction of sp³-hybridized carbons (Fsp3) is 0.0476. The zero-order valence-corrected chi connectivity index (χ0v) is 19.2. The number of nitrogens with one attached hydrogen (secondary N) is 1. The van der Waals surface area contributed by atoms with Crippen LogP contribution < -0.4 is 10.2 Å². The highest BCUT2D eigenvalue weighted by molar-refractivity contribution is 6.35. The number of halogens is 3. The molecule has 0 spiro atoms. The van der Waals surface area contributed by atoms with Crippen LogP contribution in [0.5, 0.6) is 5.75 Å². The summed E-state index contributed by atoms with van der Waals surface area (Å²) in [5, 5.41) is 27.4. The molecule has 0 aliphatic carbocycles. The average molecular weight is 524 g/mol. The molecule has 1 amide bonds. The first-order valence-electron chi connectivity index (χ1n) is 9.28. The number of non-ortho nitro benzene ring substituents is 2. The molecule has 0 atom stereocenters. The number of carbonyl (C=O) groups is 1. The molecule has 0 aliphatic heterocycles. The van der Waals surface area contributed by atoms with Crippen LogP contribution in [-0.2, 0) is 0 Å². The molecule has 0 saturated carbocycles. The topological polar surface area (TPSA) is 137 Å². The quantitative estimate of drug-likeness (QED) is 0.229. The molecule has 13 heteroatoms. The molecule has 3 aromatic rings. The van der Waals surface area contributed by atoms with Crippen molar-refractivity contribution < 1.29 is 19.4 Å². The second-order valence-corrected chi connectivity index (χ2v) is 7.90. The van der Waals surface area contributed by atoms with Crippen LogP contribution >= 0.6 is 34.8 Å². The third-order valence-electron chi connectivity index (χ3n) is 4.31. The number of amides is 1. The number of hydrogen-bond acceptors (Lipinski definition) is 7. The molecule has 0 fully saturated rings. The van der Waals surface area contributed by atoms with Gasteiger partial charge in [-0.15, -0.1) is 0 Å². The minimum atomic E-state index is -0.900. The molecule has 34 heavy (non-hydrogen) atoms. The van der Waals surface area contributed by atoms with Crippen molar-refractivity contribution in [3.8, 4) is 5.75 Å². The predicted octanol–water partition coefficient (Wildman–Crippen LogP) is 5.68. The summed E-state index contributed by atoms with van der Waals surface area (Å²) in [5.41, 5.74) is 1.49. The fourth-order valence-corrected chi connectivity index (χ4v) is 3.27. The van der Waals surface area contributed by atoms with E-state index in [2.05, 4.69) is 10.5 Å². The van der Waals surface area contributed by atoms with Crippen LogP contribution in [0.25, 0.3) is 0 Å². The zero-order valence-electron chi connectivity index (χ0n) is 16.9. The van der Waals surface area contributed by atoms with Crippen molar-refractivity contribution in [2.45, 2.75) is 0 Å². The minimum Gasteiger partial charge on any atom is -0.486 e. The van der Waals surface area contributed by atoms with Crippen LogP contribution in [0, 0.1) is 20.2 Å². The molecule has 174 valence electrons. The van der Waals surface area contributed by atoms with Crippen molar-refractivity contribution >= 4 is 57.8 Å². The summed E-state index contributed by atoms with van der Waals surface area (Å²) < 4.78 is 5.69. The smallest absolute Gasteiger partial charge is 0.277 e. The highest BCUT2D eigenvalue weighted by Gasteiger charge is 2.20. The van der Waals surface area contributed by atoms with Gasteiger partial charge in [0.05, 0.1) is 26.5 Å². The third kappa shape index (κ3) is 6.41. The van der Waals surface area contributed by atoms with Crippen LogP contribution in [0.15, 0.2) is 65.8 Å². The molecule has 0 unspecified atom stereocenters. The number of carbonyl (C=O) groups excluding carboxylic acids is 1. The maximum Gasteiger partial charge on any atom is 0.277 e. The first-order chi connectivity index (χ1) is 16.1. The maximum absolute atomic E-state index is 12.6. The molecular formula is C21H13Cl3N4O6. The highest BCUT2D eigenvalue weighted by Crippen LogP contribution is 2.28. The van der Waals surface area contributed by atoms with Gasteiger partial charge in [0.1, 0.15) is 18.1 Å². The van der Waals surface area contributed by atoms with E-state index in [9.17, 15) is 25.0 Å². The lowest BCUT2D eigenvalue weighted by Crippen LogP contribution is -2.23. The lowest BCUT2D eigenvalue weighted by atomic mass is 10.1. The normalized spacial score (nSPS) is 11.1. The second kappa shape index (κ2) is 10.9. The summed E-state index contributed by atoms with van der Waals surface area (Å²) in [6.07, 6.45) is 0. The number of ether oxygens (including phenoxy) is 1. The van der Waals surface area contributed by atoms with E-state index in [-0.39, 0.29) is 22.9 Å². The van der Waals surface area contributed by atoms with Crippen molar-refractivity contribution in [3.63, 3.8) is 0 Å². The molecule has 3 rings (SSSR count). The summed E-state index contributed by atoms with van der Waals surface area (Å²) in [6, 6.07) is 13.7. The van der Waals surface area contributed by atoms with Gasteiger partial charge in [-0.05, 0) is 30.3 Å². The van der Waals surface area contributed by atoms with Crippen molar-refractivity contribution in [2.24, 2.45) is 5.10 Å². The van der Waals surface area contributed by atoms with E-state index in [4.69, 9.17) is 39.5 Å². The van der Waals surface area contributed by atoms with Crippen molar-refractivity contribution in [3.05, 3.63) is 107 Å². The number of hydrazone groups is 1. The van der Waals surface area contributed by atoms with Gasteiger partial charge in [0.25, 0.3) is 17.3 Å². The maximum atomic E-state index is 12.6. The summed E-state index contributed by atoms with van der Waals surface area (Å²) in [4.78, 5) is 33.1. The lowest BCUT2D eigenvalue weighted by molar-refractivity contribution is -0.394. The molecule has 0 heterocycles. The molecule has 10 nitrogen and oxygen atoms in total. The Morgan fingerprint density at radius 3 is 2.00 bits per heavy atom. The lowest BCUT2D eigenvalue weighted by Gasteiger charge is -2.11. The van der Waals surface area contributed by atoms with Gasteiger partial charge in [0.2, 0.25) is 0 Å². The van der Waals surface area contributed by atoms with E-state index in [0.717, 1.165) is 18.2 Å². The van der Waals surface area contributed by atoms with Gasteiger partial charge in [-0.1, -0.05) is 46.9 Å². The molecule has 0 bridgehead atoms. The highest BCUT2D eigenvalue weighted by atomic mass is 35.5. The molecule has 0 aliphatic rings. The molecular weight excluding hydrogens is 511 g/mol. The number of rotatable bonds is 8. The SMILES string of the molecule is O=C(N/N=C(/COc1ccc(Cl)cc1Cl)c1ccc(Cl)cc1)c1cc([N+](=O)[O-])cc([N+](=O)[O-])c1. The van der Waals surface area contributed by atoms with Crippen molar-refractivity contribution in [1.82, 2.24) is 5.43 Å². The molecule has 0 aromatic heterocycles. The van der Waals surface area contributed by atoms with Crippen molar-refractivity contribution in [1.29, 1.82) is 0 Å². The Hall–Kier alpha value is -3.73. The Morgan fingerprint density at radius 2 is 1.44 bits per heavy atom. The molecule has 0 radical (unpaired) electrons. The Balaban J connectivity index is 1.89. The summed E-state index contributed by atoms with van der Waals surface area (Å²) in [6.45, 7) is -0.141. The molecule has 1 N–H and O–H groups in total. The van der Waals surface area contributed by atoms with Gasteiger partial charge >= 0.3 is 0 Å². The van der Waals surface area contributed by atoms with E-state index in [1.54, 1.807) is 36.4 Å². The van der Waals surface area contributed by atoms with Crippen molar-refractivity contribution in [2.75, 3.05) is 6.61 Å². The number of benzene rings is 3. The van der Waals surface area contributed by atoms with Crippen LogP contribution in [0.2, 0.25) is 15.1 Å². The van der Waals surface area contributed by atoms with E-state index >= 15 is 0 Å². The largest absolute Gasteiger partial charge is 0.486 e. The van der Waals surface area contributed by atoms with Crippen LogP contribution in [0.4, 0.5) is 11.4 Å².